The van der Waals surface area contributed by atoms with Crippen LogP contribution in [0.5, 0.6) is 0 Å². The summed E-state index contributed by atoms with van der Waals surface area (Å²) in [6, 6.07) is 0.999. The molecule has 8 heteroatoms. The van der Waals surface area contributed by atoms with Crippen LogP contribution < -0.4 is 5.73 Å². The van der Waals surface area contributed by atoms with Gasteiger partial charge in [-0.05, 0) is 6.92 Å². The van der Waals surface area contributed by atoms with Gasteiger partial charge < -0.3 is 10.5 Å². The highest BCUT2D eigenvalue weighted by Gasteiger charge is 2.19. The quantitative estimate of drug-likeness (QED) is 0.692. The molecule has 0 spiro atoms. The van der Waals surface area contributed by atoms with Crippen LogP contribution in [0.3, 0.4) is 0 Å². The molecular weight excluding hydrogens is 275 g/mol. The smallest absolute Gasteiger partial charge is 0.361 e. The van der Waals surface area contributed by atoms with Crippen molar-refractivity contribution in [1.82, 2.24) is 9.78 Å². The van der Waals surface area contributed by atoms with Gasteiger partial charge in [0.2, 0.25) is 0 Å². The maximum Gasteiger partial charge on any atom is 0.361 e. The third kappa shape index (κ3) is 2.44. The van der Waals surface area contributed by atoms with Gasteiger partial charge in [-0.15, -0.1) is 0 Å². The molecule has 2 N–H and O–H groups in total. The fourth-order valence-corrected chi connectivity index (χ4v) is 1.56. The molecule has 2 aromatic rings. The number of hydrogen-bond donors (Lipinski definition) is 1. The number of ether oxygens (including phenoxy) is 1. The summed E-state index contributed by atoms with van der Waals surface area (Å²) in [7, 11) is 0. The highest BCUT2D eigenvalue weighted by atomic mass is 19.2. The van der Waals surface area contributed by atoms with E-state index in [2.05, 4.69) is 5.10 Å². The molecule has 1 aromatic carbocycles. The number of nitrogens with two attached hydrogens (primary N) is 1. The van der Waals surface area contributed by atoms with E-state index in [4.69, 9.17) is 10.5 Å². The molecule has 0 aliphatic heterocycles. The Morgan fingerprint density at radius 1 is 1.30 bits per heavy atom. The van der Waals surface area contributed by atoms with Crippen molar-refractivity contribution in [1.29, 1.82) is 0 Å². The summed E-state index contributed by atoms with van der Waals surface area (Å²) >= 11 is 0. The van der Waals surface area contributed by atoms with Crippen LogP contribution in [0.25, 0.3) is 5.69 Å². The number of hydrogen-bond acceptors (Lipinski definition) is 4. The van der Waals surface area contributed by atoms with Crippen LogP contribution in [-0.2, 0) is 4.74 Å². The van der Waals surface area contributed by atoms with Crippen LogP contribution in [0.4, 0.5) is 18.9 Å². The van der Waals surface area contributed by atoms with E-state index in [9.17, 15) is 18.0 Å². The molecule has 0 saturated heterocycles. The normalized spacial score (nSPS) is 10.6. The number of halogens is 3. The van der Waals surface area contributed by atoms with Crippen molar-refractivity contribution in [2.45, 2.75) is 6.92 Å². The lowest BCUT2D eigenvalue weighted by atomic mass is 10.3. The first kappa shape index (κ1) is 13.9. The van der Waals surface area contributed by atoms with Gasteiger partial charge in [0, 0.05) is 12.1 Å². The number of aromatic nitrogens is 2. The second-order valence-corrected chi connectivity index (χ2v) is 3.82. The Morgan fingerprint density at radius 3 is 2.60 bits per heavy atom. The van der Waals surface area contributed by atoms with Crippen LogP contribution in [0.15, 0.2) is 18.3 Å². The number of carbonyl (C=O) groups excluding carboxylic acids is 1. The van der Waals surface area contributed by atoms with E-state index in [1.165, 1.54) is 0 Å². The predicted molar refractivity (Wildman–Crippen MR) is 63.8 cm³/mol. The van der Waals surface area contributed by atoms with Crippen molar-refractivity contribution in [3.63, 3.8) is 0 Å². The summed E-state index contributed by atoms with van der Waals surface area (Å²) in [5.41, 5.74) is 4.90. The SMILES string of the molecule is CCOC(=O)c1nn(-c2cc(F)c(F)cc2F)cc1N. The van der Waals surface area contributed by atoms with Gasteiger partial charge in [0.25, 0.3) is 0 Å². The van der Waals surface area contributed by atoms with Crippen LogP contribution in [0.2, 0.25) is 0 Å². The number of carbonyl (C=O) groups is 1. The average Bonchev–Trinajstić information content (AvgIpc) is 2.76. The highest BCUT2D eigenvalue weighted by Crippen LogP contribution is 2.20. The molecule has 0 aliphatic rings. The molecule has 0 atom stereocenters. The van der Waals surface area contributed by atoms with E-state index in [1.54, 1.807) is 6.92 Å². The van der Waals surface area contributed by atoms with E-state index in [1.807, 2.05) is 0 Å². The Kier molecular flexibility index (Phi) is 3.64. The van der Waals surface area contributed by atoms with Crippen molar-refractivity contribution >= 4 is 11.7 Å². The number of nitrogen functional groups attached to an aromatic ring is 1. The zero-order valence-electron chi connectivity index (χ0n) is 10.4. The molecule has 1 heterocycles. The molecule has 0 bridgehead atoms. The van der Waals surface area contributed by atoms with Gasteiger partial charge >= 0.3 is 5.97 Å². The summed E-state index contributed by atoms with van der Waals surface area (Å²) in [6.45, 7) is 1.71. The zero-order valence-corrected chi connectivity index (χ0v) is 10.4. The van der Waals surface area contributed by atoms with Crippen molar-refractivity contribution in [3.05, 3.63) is 41.5 Å². The van der Waals surface area contributed by atoms with E-state index >= 15 is 0 Å². The molecule has 0 unspecified atom stereocenters. The van der Waals surface area contributed by atoms with Gasteiger partial charge in [-0.1, -0.05) is 0 Å². The fraction of sp³-hybridized carbons (Fsp3) is 0.167. The third-order valence-corrected chi connectivity index (χ3v) is 2.45. The van der Waals surface area contributed by atoms with E-state index < -0.39 is 23.4 Å². The molecule has 0 saturated carbocycles. The molecule has 0 aliphatic carbocycles. The van der Waals surface area contributed by atoms with Crippen LogP contribution in [-0.4, -0.2) is 22.4 Å². The first-order valence-electron chi connectivity index (χ1n) is 5.61. The number of nitrogens with zero attached hydrogens (tertiary/aromatic N) is 2. The number of anilines is 1. The highest BCUT2D eigenvalue weighted by molar-refractivity contribution is 5.92. The van der Waals surface area contributed by atoms with Crippen molar-refractivity contribution < 1.29 is 22.7 Å². The molecule has 0 fully saturated rings. The van der Waals surface area contributed by atoms with E-state index in [0.717, 1.165) is 10.9 Å². The number of esters is 1. The molecule has 2 rings (SSSR count). The van der Waals surface area contributed by atoms with Gasteiger partial charge in [-0.2, -0.15) is 5.10 Å². The largest absolute Gasteiger partial charge is 0.461 e. The molecule has 0 amide bonds. The van der Waals surface area contributed by atoms with Crippen molar-refractivity contribution in [2.24, 2.45) is 0 Å². The Morgan fingerprint density at radius 2 is 1.95 bits per heavy atom. The second kappa shape index (κ2) is 5.24. The molecule has 106 valence electrons. The molecule has 20 heavy (non-hydrogen) atoms. The van der Waals surface area contributed by atoms with Gasteiger partial charge in [-0.25, -0.2) is 22.6 Å². The van der Waals surface area contributed by atoms with E-state index in [0.29, 0.717) is 12.1 Å². The second-order valence-electron chi connectivity index (χ2n) is 3.82. The van der Waals surface area contributed by atoms with Crippen LogP contribution in [0.1, 0.15) is 17.4 Å². The maximum atomic E-state index is 13.6. The molecule has 5 nitrogen and oxygen atoms in total. The maximum absolute atomic E-state index is 13.6. The summed E-state index contributed by atoms with van der Waals surface area (Å²) in [5, 5.41) is 3.72. The third-order valence-electron chi connectivity index (χ3n) is 2.45. The lowest BCUT2D eigenvalue weighted by molar-refractivity contribution is 0.0520. The first-order chi connectivity index (χ1) is 9.43. The number of benzene rings is 1. The van der Waals surface area contributed by atoms with Gasteiger partial charge in [-0.3, -0.25) is 0 Å². The summed E-state index contributed by atoms with van der Waals surface area (Å²) in [4.78, 5) is 11.5. The minimum atomic E-state index is -1.32. The Balaban J connectivity index is 2.47. The average molecular weight is 285 g/mol. The molecule has 0 radical (unpaired) electrons. The van der Waals surface area contributed by atoms with Crippen molar-refractivity contribution in [2.75, 3.05) is 12.3 Å². The lowest BCUT2D eigenvalue weighted by Crippen LogP contribution is -2.09. The van der Waals surface area contributed by atoms with E-state index in [-0.39, 0.29) is 23.7 Å². The lowest BCUT2D eigenvalue weighted by Gasteiger charge is -2.03. The topological polar surface area (TPSA) is 70.1 Å². The summed E-state index contributed by atoms with van der Waals surface area (Å²) in [6.07, 6.45) is 1.11. The summed E-state index contributed by atoms with van der Waals surface area (Å²) < 4.78 is 45.1. The first-order valence-corrected chi connectivity index (χ1v) is 5.61. The Labute approximate surface area is 111 Å². The fourth-order valence-electron chi connectivity index (χ4n) is 1.56. The molecular formula is C12H10F3N3O2. The van der Waals surface area contributed by atoms with Crippen LogP contribution >= 0.6 is 0 Å². The number of rotatable bonds is 3. The minimum Gasteiger partial charge on any atom is -0.461 e. The molecule has 1 aromatic heterocycles. The Bertz CT molecular complexity index is 670. The minimum absolute atomic E-state index is 0.0624. The summed E-state index contributed by atoms with van der Waals surface area (Å²) in [5.74, 6) is -4.39. The van der Waals surface area contributed by atoms with Crippen LogP contribution in [0, 0.1) is 17.5 Å². The predicted octanol–water partition coefficient (Wildman–Crippen LogP) is 2.05. The monoisotopic (exact) mass is 285 g/mol. The van der Waals surface area contributed by atoms with Gasteiger partial charge in [0.15, 0.2) is 23.1 Å². The van der Waals surface area contributed by atoms with Gasteiger partial charge in [0.1, 0.15) is 5.69 Å². The van der Waals surface area contributed by atoms with Crippen molar-refractivity contribution in [3.8, 4) is 5.69 Å². The van der Waals surface area contributed by atoms with Gasteiger partial charge in [0.05, 0.1) is 18.5 Å². The zero-order chi connectivity index (χ0) is 14.9. The Hall–Kier alpha value is -2.51. The standard InChI is InChI=1S/C12H10F3N3O2/c1-2-20-12(19)11-9(16)5-18(17-11)10-4-7(14)6(13)3-8(10)15/h3-5H,2,16H2,1H3.